The quantitative estimate of drug-likeness (QED) is 0.113. The van der Waals surface area contributed by atoms with E-state index in [4.69, 9.17) is 39.9 Å². The van der Waals surface area contributed by atoms with Crippen LogP contribution in [0.3, 0.4) is 0 Å². The van der Waals surface area contributed by atoms with Crippen molar-refractivity contribution in [3.05, 3.63) is 174 Å². The van der Waals surface area contributed by atoms with Crippen molar-refractivity contribution < 1.29 is 20.4 Å². The number of nitrogens with zero attached hydrogens (tertiary/aromatic N) is 8. The van der Waals surface area contributed by atoms with Gasteiger partial charge in [-0.2, -0.15) is 0 Å². The highest BCUT2D eigenvalue weighted by Gasteiger charge is 2.12. The Hall–Kier alpha value is -8.64. The number of benzene rings is 6. The lowest BCUT2D eigenvalue weighted by atomic mass is 9.98. The Morgan fingerprint density at radius 1 is 0.373 bits per heavy atom. The molecular formula is C55H46N8O4. The number of para-hydroxylation sites is 2. The molecule has 2 heterocycles. The monoisotopic (exact) mass is 882 g/mol. The van der Waals surface area contributed by atoms with Crippen molar-refractivity contribution in [2.45, 2.75) is 41.0 Å². The summed E-state index contributed by atoms with van der Waals surface area (Å²) in [6, 6.07) is 25.4. The molecule has 8 aromatic rings. The lowest BCUT2D eigenvalue weighted by Gasteiger charge is -2.11. The van der Waals surface area contributed by atoms with E-state index in [-0.39, 0.29) is 28.9 Å². The summed E-state index contributed by atoms with van der Waals surface area (Å²) in [5, 5.41) is 50.1. The van der Waals surface area contributed by atoms with E-state index in [1.54, 1.807) is 61.7 Å². The highest BCUT2D eigenvalue weighted by atomic mass is 16.3. The molecule has 0 saturated heterocycles. The molecule has 6 aromatic carbocycles. The summed E-state index contributed by atoms with van der Waals surface area (Å²) in [4.78, 5) is 38.6. The van der Waals surface area contributed by atoms with Gasteiger partial charge in [-0.05, 0) is 141 Å². The molecule has 330 valence electrons. The van der Waals surface area contributed by atoms with Crippen molar-refractivity contribution in [2.75, 3.05) is 0 Å². The van der Waals surface area contributed by atoms with Gasteiger partial charge < -0.3 is 20.4 Å². The fraction of sp³-hybridized carbons (Fsp3) is 0.127. The molecule has 9 rings (SSSR count). The molecule has 0 fully saturated rings. The number of aromatic nitrogens is 8. The first-order valence-electron chi connectivity index (χ1n) is 21.7. The SMILES string of the molecule is Cc1cc2cnc3c(ncc4cc(C)cc(cnc5cc6ncc7cc(C)cc(cnc8ccccc8ncc8cc(C)cc(cnc6cc5ncc(c1)c2O)c8O)c7O)c4O)CC(C)C=C3. The number of hydrogen-bond donors (Lipinski definition) is 4. The molecule has 67 heavy (non-hydrogen) atoms. The summed E-state index contributed by atoms with van der Waals surface area (Å²) in [5.74, 6) is 0.145. The van der Waals surface area contributed by atoms with Crippen LogP contribution in [-0.2, 0) is 6.42 Å². The average Bonchev–Trinajstić information content (AvgIpc) is 3.30. The molecule has 0 radical (unpaired) electrons. The van der Waals surface area contributed by atoms with Crippen LogP contribution >= 0.6 is 0 Å². The zero-order valence-electron chi connectivity index (χ0n) is 37.5. The smallest absolute Gasteiger partial charge is 0.133 e. The van der Waals surface area contributed by atoms with E-state index in [9.17, 15) is 20.4 Å². The van der Waals surface area contributed by atoms with E-state index >= 15 is 0 Å². The number of fused-ring (bicyclic) bond motifs is 12. The van der Waals surface area contributed by atoms with E-state index in [2.05, 4.69) is 13.0 Å². The molecular weight excluding hydrogens is 837 g/mol. The normalized spacial score (nSPS) is 12.8. The molecule has 8 bridgehead atoms. The molecule has 0 spiro atoms. The maximum absolute atomic E-state index is 11.6. The number of rotatable bonds is 0. The van der Waals surface area contributed by atoms with Crippen molar-refractivity contribution in [3.63, 3.8) is 0 Å². The standard InChI is InChI=1S/C55H46N8O4/c1-31-10-11-46-47(20-31)59-26-39-15-35(5)19-43(55(39)67)30-63-51-22-49-48(21-50(51)62-29-42-18-34(4)14-38(25-58-46)54(42)66)60-27-40-16-32(2)12-36(52(40)64)23-56-44-8-6-7-9-45(44)57-24-37-13-33(3)17-41(28-61-49)53(37)65/h6-19,21-31,64-67H,20H2,1-5H3. The van der Waals surface area contributed by atoms with E-state index in [1.807, 2.05) is 107 Å². The molecule has 1 aliphatic rings. The summed E-state index contributed by atoms with van der Waals surface area (Å²) >= 11 is 0. The van der Waals surface area contributed by atoms with Gasteiger partial charge >= 0.3 is 0 Å². The molecule has 1 unspecified atom stereocenters. The first-order valence-corrected chi connectivity index (χ1v) is 21.7. The number of aryl methyl sites for hydroxylation is 4. The lowest BCUT2D eigenvalue weighted by molar-refractivity contribution is 0.486. The first-order chi connectivity index (χ1) is 32.3. The molecule has 1 aliphatic carbocycles. The van der Waals surface area contributed by atoms with Gasteiger partial charge in [0.2, 0.25) is 0 Å². The average molecular weight is 883 g/mol. The van der Waals surface area contributed by atoms with Crippen molar-refractivity contribution in [3.8, 4) is 23.0 Å². The first kappa shape index (κ1) is 43.6. The molecule has 4 N–H and O–H groups in total. The Labute approximate surface area is 385 Å². The molecule has 12 nitrogen and oxygen atoms in total. The Bertz CT molecular complexity index is 3770. The molecule has 2 aromatic heterocycles. The predicted octanol–water partition coefficient (Wildman–Crippen LogP) is 11.8. The minimum atomic E-state index is -0.0296. The van der Waals surface area contributed by atoms with Gasteiger partial charge in [0.1, 0.15) is 23.0 Å². The fourth-order valence-corrected chi connectivity index (χ4v) is 7.97. The summed E-state index contributed by atoms with van der Waals surface area (Å²) in [6.45, 7) is 9.81. The number of phenolic OH excluding ortho intramolecular Hbond substituents is 4. The second kappa shape index (κ2) is 18.5. The Balaban J connectivity index is 1.43. The van der Waals surface area contributed by atoms with Gasteiger partial charge in [0, 0.05) is 92.7 Å². The third kappa shape index (κ3) is 9.59. The second-order valence-corrected chi connectivity index (χ2v) is 16.9. The van der Waals surface area contributed by atoms with Crippen LogP contribution in [0.25, 0.3) is 82.3 Å². The molecule has 0 amide bonds. The van der Waals surface area contributed by atoms with Crippen LogP contribution in [0.4, 0.5) is 0 Å². The van der Waals surface area contributed by atoms with Crippen molar-refractivity contribution in [1.82, 2.24) is 39.9 Å². The number of hydrogen-bond acceptors (Lipinski definition) is 12. The lowest BCUT2D eigenvalue weighted by Crippen LogP contribution is -2.05. The van der Waals surface area contributed by atoms with Crippen molar-refractivity contribution in [2.24, 2.45) is 5.92 Å². The van der Waals surface area contributed by atoms with Crippen LogP contribution in [0.15, 0.2) is 141 Å². The Kier molecular flexibility index (Phi) is 12.0. The van der Waals surface area contributed by atoms with Crippen LogP contribution in [0.5, 0.6) is 23.0 Å². The minimum absolute atomic E-state index is 0.0102. The molecule has 0 saturated carbocycles. The van der Waals surface area contributed by atoms with Gasteiger partial charge in [0.15, 0.2) is 0 Å². The van der Waals surface area contributed by atoms with Gasteiger partial charge in [-0.15, -0.1) is 0 Å². The van der Waals surface area contributed by atoms with Gasteiger partial charge in [0.25, 0.3) is 0 Å². The topological polar surface area (TPSA) is 184 Å². The summed E-state index contributed by atoms with van der Waals surface area (Å²) < 4.78 is 0. The molecule has 1 atom stereocenters. The number of phenols is 4. The maximum Gasteiger partial charge on any atom is 0.133 e. The van der Waals surface area contributed by atoms with Crippen LogP contribution < -0.4 is 0 Å². The van der Waals surface area contributed by atoms with Crippen LogP contribution in [-0.4, -0.2) is 60.3 Å². The number of allylic oxidation sites excluding steroid dienone is 1. The summed E-state index contributed by atoms with van der Waals surface area (Å²) in [7, 11) is 0. The predicted molar refractivity (Wildman–Crippen MR) is 267 cm³/mol. The fourth-order valence-electron chi connectivity index (χ4n) is 7.97. The summed E-state index contributed by atoms with van der Waals surface area (Å²) in [5.41, 5.74) is 7.41. The van der Waals surface area contributed by atoms with Crippen LogP contribution in [0.1, 0.15) is 40.6 Å². The third-order valence-corrected chi connectivity index (χ3v) is 11.4. The third-order valence-electron chi connectivity index (χ3n) is 11.4. The highest BCUT2D eigenvalue weighted by molar-refractivity contribution is 5.91. The summed E-state index contributed by atoms with van der Waals surface area (Å²) in [6.07, 6.45) is 17.3. The Morgan fingerprint density at radius 2 is 0.657 bits per heavy atom. The van der Waals surface area contributed by atoms with Gasteiger partial charge in [0.05, 0.1) is 44.5 Å². The molecule has 0 aliphatic heterocycles. The van der Waals surface area contributed by atoms with Crippen LogP contribution in [0.2, 0.25) is 0 Å². The molecule has 12 heteroatoms. The second-order valence-electron chi connectivity index (χ2n) is 16.9. The Morgan fingerprint density at radius 3 is 0.985 bits per heavy atom. The van der Waals surface area contributed by atoms with Gasteiger partial charge in [-0.1, -0.05) is 25.1 Å². The highest BCUT2D eigenvalue weighted by Crippen LogP contribution is 2.30. The van der Waals surface area contributed by atoms with Gasteiger partial charge in [-0.3, -0.25) is 39.9 Å². The van der Waals surface area contributed by atoms with Crippen molar-refractivity contribution in [1.29, 1.82) is 0 Å². The largest absolute Gasteiger partial charge is 0.507 e. The van der Waals surface area contributed by atoms with E-state index < -0.39 is 0 Å². The van der Waals surface area contributed by atoms with Gasteiger partial charge in [-0.25, -0.2) is 0 Å². The van der Waals surface area contributed by atoms with Crippen LogP contribution in [0, 0.1) is 33.6 Å². The zero-order valence-corrected chi connectivity index (χ0v) is 37.5. The number of aromatic hydroxyl groups is 4. The van der Waals surface area contributed by atoms with E-state index in [1.165, 1.54) is 0 Å². The van der Waals surface area contributed by atoms with Crippen molar-refractivity contribution >= 4 is 82.3 Å². The maximum atomic E-state index is 11.6. The zero-order chi connectivity index (χ0) is 46.8. The van der Waals surface area contributed by atoms with E-state index in [0.717, 1.165) is 27.9 Å². The van der Waals surface area contributed by atoms with E-state index in [0.29, 0.717) is 88.3 Å². The minimum Gasteiger partial charge on any atom is -0.507 e.